The minimum Gasteiger partial charge on any atom is -0.315 e. The molecule has 2 N–H and O–H groups in total. The number of nitrogens with zero attached hydrogens (tertiary/aromatic N) is 1. The van der Waals surface area contributed by atoms with Crippen molar-refractivity contribution in [2.75, 3.05) is 26.7 Å². The van der Waals surface area contributed by atoms with Crippen molar-refractivity contribution >= 4 is 10.2 Å². The molecule has 0 amide bonds. The number of hydrogen-bond acceptors (Lipinski definition) is 3. The van der Waals surface area contributed by atoms with Crippen LogP contribution in [0.1, 0.15) is 26.2 Å². The Morgan fingerprint density at radius 2 is 2.27 bits per heavy atom. The average molecular weight is 235 g/mol. The Balaban J connectivity index is 2.42. The van der Waals surface area contributed by atoms with Gasteiger partial charge in [-0.05, 0) is 19.4 Å². The summed E-state index contributed by atoms with van der Waals surface area (Å²) in [7, 11) is -1.65. The van der Waals surface area contributed by atoms with Gasteiger partial charge in [0.2, 0.25) is 0 Å². The van der Waals surface area contributed by atoms with E-state index in [1.807, 2.05) is 0 Å². The molecule has 1 aliphatic rings. The Morgan fingerprint density at radius 1 is 1.53 bits per heavy atom. The summed E-state index contributed by atoms with van der Waals surface area (Å²) in [5, 5.41) is 3.13. The van der Waals surface area contributed by atoms with E-state index in [9.17, 15) is 8.42 Å². The molecule has 15 heavy (non-hydrogen) atoms. The van der Waals surface area contributed by atoms with E-state index >= 15 is 0 Å². The van der Waals surface area contributed by atoms with Gasteiger partial charge in [0.05, 0.1) is 0 Å². The minimum atomic E-state index is -3.27. The SMILES string of the molecule is CCCCN(C)S(=O)(=O)N[C@@H]1CCNC1. The molecule has 0 spiro atoms. The fourth-order valence-electron chi connectivity index (χ4n) is 1.56. The van der Waals surface area contributed by atoms with Crippen molar-refractivity contribution in [2.45, 2.75) is 32.2 Å². The van der Waals surface area contributed by atoms with Crippen molar-refractivity contribution in [3.8, 4) is 0 Å². The molecular formula is C9H21N3O2S. The van der Waals surface area contributed by atoms with Crippen LogP contribution in [0, 0.1) is 0 Å². The van der Waals surface area contributed by atoms with Crippen LogP contribution in [0.5, 0.6) is 0 Å². The number of unbranched alkanes of at least 4 members (excludes halogenated alkanes) is 1. The first-order chi connectivity index (χ1) is 7.06. The van der Waals surface area contributed by atoms with Gasteiger partial charge in [-0.2, -0.15) is 17.4 Å². The summed E-state index contributed by atoms with van der Waals surface area (Å²) in [6, 6.07) is 0.0547. The first kappa shape index (κ1) is 12.9. The fraction of sp³-hybridized carbons (Fsp3) is 1.00. The second-order valence-electron chi connectivity index (χ2n) is 3.99. The zero-order chi connectivity index (χ0) is 11.3. The number of nitrogens with one attached hydrogen (secondary N) is 2. The zero-order valence-electron chi connectivity index (χ0n) is 9.49. The highest BCUT2D eigenvalue weighted by Gasteiger charge is 2.23. The van der Waals surface area contributed by atoms with E-state index in [2.05, 4.69) is 17.0 Å². The molecule has 1 rings (SSSR count). The van der Waals surface area contributed by atoms with Crippen molar-refractivity contribution in [3.05, 3.63) is 0 Å². The Morgan fingerprint density at radius 3 is 2.80 bits per heavy atom. The van der Waals surface area contributed by atoms with Gasteiger partial charge in [0.15, 0.2) is 0 Å². The van der Waals surface area contributed by atoms with Crippen molar-refractivity contribution in [1.29, 1.82) is 0 Å². The fourth-order valence-corrected chi connectivity index (χ4v) is 2.73. The molecule has 1 saturated heterocycles. The van der Waals surface area contributed by atoms with Gasteiger partial charge in [-0.1, -0.05) is 13.3 Å². The van der Waals surface area contributed by atoms with E-state index in [0.29, 0.717) is 6.54 Å². The second-order valence-corrected chi connectivity index (χ2v) is 5.80. The van der Waals surface area contributed by atoms with Gasteiger partial charge in [0.1, 0.15) is 0 Å². The van der Waals surface area contributed by atoms with Gasteiger partial charge >= 0.3 is 0 Å². The quantitative estimate of drug-likeness (QED) is 0.676. The standard InChI is InChI=1S/C9H21N3O2S/c1-3-4-7-12(2)15(13,14)11-9-5-6-10-8-9/h9-11H,3-8H2,1-2H3/t9-/m1/s1. The highest BCUT2D eigenvalue weighted by molar-refractivity contribution is 7.87. The third-order valence-electron chi connectivity index (χ3n) is 2.61. The molecule has 0 unspecified atom stereocenters. The molecule has 0 bridgehead atoms. The highest BCUT2D eigenvalue weighted by atomic mass is 32.2. The summed E-state index contributed by atoms with van der Waals surface area (Å²) < 4.78 is 27.7. The molecule has 1 aliphatic heterocycles. The van der Waals surface area contributed by atoms with Crippen molar-refractivity contribution in [3.63, 3.8) is 0 Å². The molecule has 6 heteroatoms. The molecule has 0 radical (unpaired) electrons. The third kappa shape index (κ3) is 4.06. The van der Waals surface area contributed by atoms with E-state index in [-0.39, 0.29) is 6.04 Å². The highest BCUT2D eigenvalue weighted by Crippen LogP contribution is 2.03. The number of rotatable bonds is 6. The molecule has 1 fully saturated rings. The summed E-state index contributed by atoms with van der Waals surface area (Å²) in [5.74, 6) is 0. The van der Waals surface area contributed by atoms with Gasteiger partial charge in [-0.3, -0.25) is 0 Å². The van der Waals surface area contributed by atoms with Crippen molar-refractivity contribution < 1.29 is 8.42 Å². The first-order valence-electron chi connectivity index (χ1n) is 5.50. The van der Waals surface area contributed by atoms with Gasteiger partial charge < -0.3 is 5.32 Å². The van der Waals surface area contributed by atoms with Crippen molar-refractivity contribution in [1.82, 2.24) is 14.3 Å². The summed E-state index contributed by atoms with van der Waals surface area (Å²) >= 11 is 0. The van der Waals surface area contributed by atoms with Gasteiger partial charge in [-0.25, -0.2) is 0 Å². The Bertz CT molecular complexity index is 273. The molecule has 0 aliphatic carbocycles. The lowest BCUT2D eigenvalue weighted by atomic mass is 10.3. The van der Waals surface area contributed by atoms with Gasteiger partial charge in [-0.15, -0.1) is 0 Å². The number of hydrogen-bond donors (Lipinski definition) is 2. The van der Waals surface area contributed by atoms with Gasteiger partial charge in [0.25, 0.3) is 10.2 Å². The lowest BCUT2D eigenvalue weighted by molar-refractivity contribution is 0.440. The maximum atomic E-state index is 11.8. The summed E-state index contributed by atoms with van der Waals surface area (Å²) in [6.45, 7) is 4.27. The van der Waals surface area contributed by atoms with Crippen LogP contribution in [0.2, 0.25) is 0 Å². The van der Waals surface area contributed by atoms with Crippen LogP contribution >= 0.6 is 0 Å². The first-order valence-corrected chi connectivity index (χ1v) is 6.94. The minimum absolute atomic E-state index is 0.0547. The third-order valence-corrected chi connectivity index (χ3v) is 4.25. The zero-order valence-corrected chi connectivity index (χ0v) is 10.3. The monoisotopic (exact) mass is 235 g/mol. The molecule has 0 aromatic heterocycles. The Hall–Kier alpha value is -0.170. The molecule has 1 atom stereocenters. The van der Waals surface area contributed by atoms with Crippen LogP contribution in [-0.4, -0.2) is 45.4 Å². The van der Waals surface area contributed by atoms with Crippen LogP contribution in [-0.2, 0) is 10.2 Å². The van der Waals surface area contributed by atoms with Crippen molar-refractivity contribution in [2.24, 2.45) is 0 Å². The molecule has 5 nitrogen and oxygen atoms in total. The molecule has 0 aromatic carbocycles. The van der Waals surface area contributed by atoms with E-state index in [1.165, 1.54) is 4.31 Å². The van der Waals surface area contributed by atoms with E-state index in [1.54, 1.807) is 7.05 Å². The maximum absolute atomic E-state index is 11.8. The van der Waals surface area contributed by atoms with E-state index < -0.39 is 10.2 Å². The van der Waals surface area contributed by atoms with Crippen LogP contribution in [0.25, 0.3) is 0 Å². The van der Waals surface area contributed by atoms with Crippen LogP contribution in [0.15, 0.2) is 0 Å². The second kappa shape index (κ2) is 5.79. The molecule has 0 aromatic rings. The maximum Gasteiger partial charge on any atom is 0.279 e. The summed E-state index contributed by atoms with van der Waals surface area (Å²) in [6.07, 6.45) is 2.78. The lowest BCUT2D eigenvalue weighted by Gasteiger charge is -2.20. The van der Waals surface area contributed by atoms with E-state index in [4.69, 9.17) is 0 Å². The molecular weight excluding hydrogens is 214 g/mol. The molecule has 1 heterocycles. The van der Waals surface area contributed by atoms with Crippen LogP contribution < -0.4 is 10.0 Å². The smallest absolute Gasteiger partial charge is 0.279 e. The van der Waals surface area contributed by atoms with Gasteiger partial charge in [0, 0.05) is 26.2 Å². The van der Waals surface area contributed by atoms with E-state index in [0.717, 1.165) is 32.4 Å². The Labute approximate surface area is 92.4 Å². The predicted molar refractivity (Wildman–Crippen MR) is 60.9 cm³/mol. The largest absolute Gasteiger partial charge is 0.315 e. The van der Waals surface area contributed by atoms with Crippen LogP contribution in [0.4, 0.5) is 0 Å². The lowest BCUT2D eigenvalue weighted by Crippen LogP contribution is -2.44. The average Bonchev–Trinajstić information content (AvgIpc) is 2.65. The molecule has 0 saturated carbocycles. The topological polar surface area (TPSA) is 61.4 Å². The molecule has 90 valence electrons. The normalized spacial score (nSPS) is 22.5. The summed E-state index contributed by atoms with van der Waals surface area (Å²) in [4.78, 5) is 0. The Kier molecular flexibility index (Phi) is 4.98. The summed E-state index contributed by atoms with van der Waals surface area (Å²) in [5.41, 5.74) is 0. The van der Waals surface area contributed by atoms with Crippen LogP contribution in [0.3, 0.4) is 0 Å². The predicted octanol–water partition coefficient (Wildman–Crippen LogP) is -0.0854.